The number of nitrogens with zero attached hydrogens (tertiary/aromatic N) is 2. The maximum atomic E-state index is 5.32. The van der Waals surface area contributed by atoms with Crippen LogP contribution in [-0.4, -0.2) is 18.9 Å². The van der Waals surface area contributed by atoms with Crippen LogP contribution in [0.25, 0.3) is 0 Å². The highest BCUT2D eigenvalue weighted by atomic mass is 79.9. The molecule has 4 rings (SSSR count). The van der Waals surface area contributed by atoms with Gasteiger partial charge >= 0.3 is 0 Å². The minimum atomic E-state index is -0.0709. The first kappa shape index (κ1) is 18.8. The Hall–Kier alpha value is -2.59. The summed E-state index contributed by atoms with van der Waals surface area (Å²) in [7, 11) is 1.69. The number of anilines is 1. The Morgan fingerprint density at radius 2 is 1.54 bits per heavy atom. The summed E-state index contributed by atoms with van der Waals surface area (Å²) < 4.78 is 6.40. The lowest BCUT2D eigenvalue weighted by molar-refractivity contribution is 0.414. The van der Waals surface area contributed by atoms with E-state index in [9.17, 15) is 0 Å². The molecule has 0 radical (unpaired) electrons. The molecule has 3 aromatic carbocycles. The third kappa shape index (κ3) is 3.57. The SMILES string of the molecule is COc1ccc(C2N=C(c3ccc(C)cc3)C(C)N2c2ccc(Br)cc2)cc1. The Morgan fingerprint density at radius 1 is 0.893 bits per heavy atom. The van der Waals surface area contributed by atoms with Crippen LogP contribution in [0.4, 0.5) is 5.69 Å². The highest BCUT2D eigenvalue weighted by Crippen LogP contribution is 2.38. The largest absolute Gasteiger partial charge is 0.497 e. The maximum absolute atomic E-state index is 5.32. The third-order valence-electron chi connectivity index (χ3n) is 5.22. The van der Waals surface area contributed by atoms with Gasteiger partial charge in [-0.25, -0.2) is 0 Å². The number of benzene rings is 3. The normalized spacial score (nSPS) is 18.9. The first-order chi connectivity index (χ1) is 13.6. The Morgan fingerprint density at radius 3 is 2.14 bits per heavy atom. The molecule has 28 heavy (non-hydrogen) atoms. The Bertz CT molecular complexity index is 979. The van der Waals surface area contributed by atoms with E-state index in [1.54, 1.807) is 7.11 Å². The molecule has 2 atom stereocenters. The van der Waals surface area contributed by atoms with Gasteiger partial charge in [-0.05, 0) is 61.4 Å². The van der Waals surface area contributed by atoms with Crippen molar-refractivity contribution in [1.29, 1.82) is 0 Å². The van der Waals surface area contributed by atoms with Gasteiger partial charge in [0.25, 0.3) is 0 Å². The zero-order chi connectivity index (χ0) is 19.7. The van der Waals surface area contributed by atoms with Gasteiger partial charge < -0.3 is 9.64 Å². The molecule has 1 aliphatic heterocycles. The van der Waals surface area contributed by atoms with E-state index < -0.39 is 0 Å². The van der Waals surface area contributed by atoms with Crippen LogP contribution in [-0.2, 0) is 0 Å². The van der Waals surface area contributed by atoms with Crippen LogP contribution in [0.5, 0.6) is 5.75 Å². The zero-order valence-corrected chi connectivity index (χ0v) is 17.8. The fourth-order valence-electron chi connectivity index (χ4n) is 3.67. The highest BCUT2D eigenvalue weighted by molar-refractivity contribution is 9.10. The number of methoxy groups -OCH3 is 1. The molecule has 4 heteroatoms. The van der Waals surface area contributed by atoms with Gasteiger partial charge in [0.1, 0.15) is 11.9 Å². The summed E-state index contributed by atoms with van der Waals surface area (Å²) in [6.45, 7) is 4.34. The van der Waals surface area contributed by atoms with Gasteiger partial charge in [0.15, 0.2) is 0 Å². The van der Waals surface area contributed by atoms with Crippen molar-refractivity contribution in [2.75, 3.05) is 12.0 Å². The van der Waals surface area contributed by atoms with Crippen LogP contribution < -0.4 is 9.64 Å². The van der Waals surface area contributed by atoms with E-state index in [0.29, 0.717) is 0 Å². The van der Waals surface area contributed by atoms with Crippen LogP contribution in [0.3, 0.4) is 0 Å². The molecule has 1 aliphatic rings. The van der Waals surface area contributed by atoms with Crippen molar-refractivity contribution in [3.05, 3.63) is 94.0 Å². The van der Waals surface area contributed by atoms with Crippen molar-refractivity contribution in [3.8, 4) is 5.75 Å². The van der Waals surface area contributed by atoms with E-state index in [0.717, 1.165) is 27.2 Å². The molecule has 0 N–H and O–H groups in total. The third-order valence-corrected chi connectivity index (χ3v) is 5.75. The molecule has 3 aromatic rings. The molecule has 2 unspecified atom stereocenters. The second-order valence-electron chi connectivity index (χ2n) is 7.09. The van der Waals surface area contributed by atoms with Gasteiger partial charge in [0.05, 0.1) is 18.9 Å². The second kappa shape index (κ2) is 7.80. The lowest BCUT2D eigenvalue weighted by Crippen LogP contribution is -2.35. The first-order valence-electron chi connectivity index (χ1n) is 9.39. The van der Waals surface area contributed by atoms with Gasteiger partial charge in [-0.1, -0.05) is 57.9 Å². The van der Waals surface area contributed by atoms with Gasteiger partial charge in [0, 0.05) is 10.2 Å². The number of rotatable bonds is 4. The van der Waals surface area contributed by atoms with Crippen molar-refractivity contribution in [2.24, 2.45) is 4.99 Å². The number of aryl methyl sites for hydroxylation is 1. The van der Waals surface area contributed by atoms with E-state index >= 15 is 0 Å². The predicted molar refractivity (Wildman–Crippen MR) is 120 cm³/mol. The van der Waals surface area contributed by atoms with Crippen LogP contribution in [0.2, 0.25) is 0 Å². The van der Waals surface area contributed by atoms with Crippen molar-refractivity contribution in [1.82, 2.24) is 0 Å². The fraction of sp³-hybridized carbons (Fsp3) is 0.208. The summed E-state index contributed by atoms with van der Waals surface area (Å²) in [6, 6.07) is 25.4. The zero-order valence-electron chi connectivity index (χ0n) is 16.3. The lowest BCUT2D eigenvalue weighted by atomic mass is 10.0. The van der Waals surface area contributed by atoms with E-state index in [4.69, 9.17) is 9.73 Å². The quantitative estimate of drug-likeness (QED) is 0.490. The van der Waals surface area contributed by atoms with E-state index in [1.165, 1.54) is 11.1 Å². The number of ether oxygens (including phenoxy) is 1. The first-order valence-corrected chi connectivity index (χ1v) is 10.2. The van der Waals surface area contributed by atoms with Crippen molar-refractivity contribution < 1.29 is 4.74 Å². The highest BCUT2D eigenvalue weighted by Gasteiger charge is 2.35. The predicted octanol–water partition coefficient (Wildman–Crippen LogP) is 6.16. The van der Waals surface area contributed by atoms with Crippen LogP contribution in [0.15, 0.2) is 82.3 Å². The molecule has 0 aromatic heterocycles. The van der Waals surface area contributed by atoms with Crippen molar-refractivity contribution in [2.45, 2.75) is 26.1 Å². The number of aliphatic imine (C=N–C) groups is 1. The summed E-state index contributed by atoms with van der Waals surface area (Å²) in [5, 5.41) is 0. The van der Waals surface area contributed by atoms with Gasteiger partial charge in [-0.3, -0.25) is 4.99 Å². The smallest absolute Gasteiger partial charge is 0.148 e. The van der Waals surface area contributed by atoms with E-state index in [1.807, 2.05) is 12.1 Å². The molecular weight excluding hydrogens is 412 g/mol. The molecule has 0 saturated carbocycles. The molecule has 0 bridgehead atoms. The second-order valence-corrected chi connectivity index (χ2v) is 8.00. The minimum absolute atomic E-state index is 0.0709. The number of hydrogen-bond acceptors (Lipinski definition) is 3. The summed E-state index contributed by atoms with van der Waals surface area (Å²) in [6.07, 6.45) is -0.0709. The van der Waals surface area contributed by atoms with E-state index in [-0.39, 0.29) is 12.2 Å². The lowest BCUT2D eigenvalue weighted by Gasteiger charge is -2.30. The van der Waals surface area contributed by atoms with Crippen LogP contribution in [0, 0.1) is 6.92 Å². The molecule has 0 amide bonds. The average Bonchev–Trinajstić information content (AvgIpc) is 3.06. The summed E-state index contributed by atoms with van der Waals surface area (Å²) >= 11 is 3.54. The van der Waals surface area contributed by atoms with Crippen LogP contribution in [0.1, 0.15) is 29.8 Å². The topological polar surface area (TPSA) is 24.8 Å². The van der Waals surface area contributed by atoms with Gasteiger partial charge in [0.2, 0.25) is 0 Å². The van der Waals surface area contributed by atoms with Gasteiger partial charge in [-0.15, -0.1) is 0 Å². The standard InChI is InChI=1S/C24H23BrN2O/c1-16-4-6-18(7-5-16)23-17(2)27(21-12-10-20(25)11-13-21)24(26-23)19-8-14-22(28-3)15-9-19/h4-15,17,24H,1-3H3. The molecular formula is C24H23BrN2O. The van der Waals surface area contributed by atoms with Gasteiger partial charge in [-0.2, -0.15) is 0 Å². The Balaban J connectivity index is 1.78. The van der Waals surface area contributed by atoms with Crippen molar-refractivity contribution in [3.63, 3.8) is 0 Å². The molecule has 1 heterocycles. The van der Waals surface area contributed by atoms with Crippen molar-refractivity contribution >= 4 is 27.3 Å². The summed E-state index contributed by atoms with van der Waals surface area (Å²) in [5.41, 5.74) is 5.85. The summed E-state index contributed by atoms with van der Waals surface area (Å²) in [4.78, 5) is 7.54. The molecule has 0 spiro atoms. The molecule has 0 fully saturated rings. The summed E-state index contributed by atoms with van der Waals surface area (Å²) in [5.74, 6) is 0.854. The number of hydrogen-bond donors (Lipinski definition) is 0. The Labute approximate surface area is 174 Å². The maximum Gasteiger partial charge on any atom is 0.148 e. The molecule has 0 aliphatic carbocycles. The van der Waals surface area contributed by atoms with Crippen LogP contribution >= 0.6 is 15.9 Å². The number of halogens is 1. The Kier molecular flexibility index (Phi) is 5.23. The monoisotopic (exact) mass is 434 g/mol. The molecule has 0 saturated heterocycles. The van der Waals surface area contributed by atoms with E-state index in [2.05, 4.69) is 95.3 Å². The molecule has 142 valence electrons. The average molecular weight is 435 g/mol. The minimum Gasteiger partial charge on any atom is -0.497 e. The molecule has 3 nitrogen and oxygen atoms in total. The fourth-order valence-corrected chi connectivity index (χ4v) is 3.94.